The van der Waals surface area contributed by atoms with Crippen molar-refractivity contribution in [2.45, 2.75) is 13.0 Å². The van der Waals surface area contributed by atoms with Gasteiger partial charge in [-0.3, -0.25) is 10.1 Å². The number of benzene rings is 1. The van der Waals surface area contributed by atoms with Crippen LogP contribution in [0.15, 0.2) is 30.3 Å². The maximum atomic E-state index is 10.6. The SMILES string of the molecule is CC(O)C=Cc1ccccc1[N+](=O)[O-]. The molecule has 0 aromatic heterocycles. The minimum Gasteiger partial charge on any atom is -0.389 e. The summed E-state index contributed by atoms with van der Waals surface area (Å²) in [4.78, 5) is 10.1. The zero-order valence-corrected chi connectivity index (χ0v) is 7.75. The zero-order chi connectivity index (χ0) is 10.6. The summed E-state index contributed by atoms with van der Waals surface area (Å²) >= 11 is 0. The van der Waals surface area contributed by atoms with E-state index in [1.807, 2.05) is 0 Å². The molecule has 14 heavy (non-hydrogen) atoms. The molecule has 0 spiro atoms. The number of hydrogen-bond donors (Lipinski definition) is 1. The quantitative estimate of drug-likeness (QED) is 0.589. The Balaban J connectivity index is 3.02. The number of nitrogens with zero attached hydrogens (tertiary/aromatic N) is 1. The van der Waals surface area contributed by atoms with Gasteiger partial charge in [0.15, 0.2) is 0 Å². The largest absolute Gasteiger partial charge is 0.389 e. The number of aliphatic hydroxyl groups excluding tert-OH is 1. The molecule has 1 N–H and O–H groups in total. The van der Waals surface area contributed by atoms with Gasteiger partial charge in [0, 0.05) is 6.07 Å². The fourth-order valence-electron chi connectivity index (χ4n) is 1.04. The van der Waals surface area contributed by atoms with Gasteiger partial charge in [-0.05, 0) is 19.1 Å². The van der Waals surface area contributed by atoms with Crippen LogP contribution in [0.2, 0.25) is 0 Å². The van der Waals surface area contributed by atoms with Gasteiger partial charge < -0.3 is 5.11 Å². The van der Waals surface area contributed by atoms with E-state index in [4.69, 9.17) is 5.11 Å². The second-order valence-electron chi connectivity index (χ2n) is 2.92. The second-order valence-corrected chi connectivity index (χ2v) is 2.92. The van der Waals surface area contributed by atoms with Crippen LogP contribution in [0.4, 0.5) is 5.69 Å². The molecule has 1 aromatic rings. The highest BCUT2D eigenvalue weighted by molar-refractivity contribution is 5.60. The first-order chi connectivity index (χ1) is 6.61. The Morgan fingerprint density at radius 1 is 1.50 bits per heavy atom. The fourth-order valence-corrected chi connectivity index (χ4v) is 1.04. The molecule has 0 amide bonds. The van der Waals surface area contributed by atoms with Crippen LogP contribution in [0, 0.1) is 10.1 Å². The summed E-state index contributed by atoms with van der Waals surface area (Å²) in [5, 5.41) is 19.6. The molecule has 1 atom stereocenters. The van der Waals surface area contributed by atoms with Crippen LogP contribution < -0.4 is 0 Å². The van der Waals surface area contributed by atoms with Crippen LogP contribution >= 0.6 is 0 Å². The van der Waals surface area contributed by atoms with Crippen LogP contribution in [0.5, 0.6) is 0 Å². The van der Waals surface area contributed by atoms with E-state index in [1.54, 1.807) is 31.2 Å². The van der Waals surface area contributed by atoms with E-state index in [0.717, 1.165) is 0 Å². The first kappa shape index (κ1) is 10.4. The molecule has 0 saturated heterocycles. The maximum absolute atomic E-state index is 10.6. The molecule has 1 unspecified atom stereocenters. The first-order valence-corrected chi connectivity index (χ1v) is 4.21. The minimum atomic E-state index is -0.602. The number of hydrogen-bond acceptors (Lipinski definition) is 3. The van der Waals surface area contributed by atoms with Crippen LogP contribution in [0.3, 0.4) is 0 Å². The highest BCUT2D eigenvalue weighted by atomic mass is 16.6. The van der Waals surface area contributed by atoms with Gasteiger partial charge in [-0.15, -0.1) is 0 Å². The molecule has 0 aliphatic carbocycles. The van der Waals surface area contributed by atoms with Crippen molar-refractivity contribution in [3.05, 3.63) is 46.0 Å². The average Bonchev–Trinajstić information content (AvgIpc) is 2.15. The van der Waals surface area contributed by atoms with Gasteiger partial charge in [-0.1, -0.05) is 18.2 Å². The van der Waals surface area contributed by atoms with Gasteiger partial charge in [0.2, 0.25) is 0 Å². The minimum absolute atomic E-state index is 0.0457. The zero-order valence-electron chi connectivity index (χ0n) is 7.75. The third kappa shape index (κ3) is 2.67. The Kier molecular flexibility index (Phi) is 3.36. The maximum Gasteiger partial charge on any atom is 0.276 e. The highest BCUT2D eigenvalue weighted by Crippen LogP contribution is 2.18. The molecule has 0 aliphatic rings. The lowest BCUT2D eigenvalue weighted by molar-refractivity contribution is -0.385. The molecule has 0 bridgehead atoms. The summed E-state index contributed by atoms with van der Waals surface area (Å²) in [6.45, 7) is 1.59. The van der Waals surface area contributed by atoms with Crippen molar-refractivity contribution in [2.24, 2.45) is 0 Å². The Labute approximate surface area is 81.6 Å². The first-order valence-electron chi connectivity index (χ1n) is 4.21. The highest BCUT2D eigenvalue weighted by Gasteiger charge is 2.08. The molecule has 74 valence electrons. The van der Waals surface area contributed by atoms with Crippen LogP contribution in [0.1, 0.15) is 12.5 Å². The van der Waals surface area contributed by atoms with E-state index in [0.29, 0.717) is 5.56 Å². The lowest BCUT2D eigenvalue weighted by atomic mass is 10.1. The predicted molar refractivity (Wildman–Crippen MR) is 53.8 cm³/mol. The standard InChI is InChI=1S/C10H11NO3/c1-8(12)6-7-9-4-2-3-5-10(9)11(13)14/h2-8,12H,1H3. The third-order valence-corrected chi connectivity index (χ3v) is 1.69. The summed E-state index contributed by atoms with van der Waals surface area (Å²) in [6.07, 6.45) is 2.44. The van der Waals surface area contributed by atoms with E-state index in [9.17, 15) is 10.1 Å². The average molecular weight is 193 g/mol. The monoisotopic (exact) mass is 193 g/mol. The van der Waals surface area contributed by atoms with Crippen molar-refractivity contribution in [3.63, 3.8) is 0 Å². The van der Waals surface area contributed by atoms with Gasteiger partial charge in [0.25, 0.3) is 5.69 Å². The van der Waals surface area contributed by atoms with E-state index >= 15 is 0 Å². The Bertz CT molecular complexity index is 358. The number of nitro groups is 1. The lowest BCUT2D eigenvalue weighted by Gasteiger charge is -1.97. The van der Waals surface area contributed by atoms with Crippen LogP contribution in [0.25, 0.3) is 6.08 Å². The molecule has 0 fully saturated rings. The van der Waals surface area contributed by atoms with Crippen molar-refractivity contribution in [3.8, 4) is 0 Å². The van der Waals surface area contributed by atoms with Gasteiger partial charge >= 0.3 is 0 Å². The smallest absolute Gasteiger partial charge is 0.276 e. The molecule has 0 heterocycles. The molecular formula is C10H11NO3. The third-order valence-electron chi connectivity index (χ3n) is 1.69. The molecule has 1 aromatic carbocycles. The van der Waals surface area contributed by atoms with Crippen molar-refractivity contribution in [1.29, 1.82) is 0 Å². The van der Waals surface area contributed by atoms with Crippen molar-refractivity contribution >= 4 is 11.8 Å². The molecule has 0 aliphatic heterocycles. The van der Waals surface area contributed by atoms with Crippen LogP contribution in [-0.2, 0) is 0 Å². The summed E-state index contributed by atoms with van der Waals surface area (Å²) < 4.78 is 0. The van der Waals surface area contributed by atoms with E-state index in [2.05, 4.69) is 0 Å². The molecule has 4 heteroatoms. The molecule has 4 nitrogen and oxygen atoms in total. The van der Waals surface area contributed by atoms with Gasteiger partial charge in [0.1, 0.15) is 0 Å². The summed E-state index contributed by atoms with van der Waals surface area (Å²) in [7, 11) is 0. The molecule has 0 saturated carbocycles. The van der Waals surface area contributed by atoms with Gasteiger partial charge in [-0.2, -0.15) is 0 Å². The van der Waals surface area contributed by atoms with Gasteiger partial charge in [0.05, 0.1) is 16.6 Å². The lowest BCUT2D eigenvalue weighted by Crippen LogP contribution is -1.93. The Hall–Kier alpha value is -1.68. The van der Waals surface area contributed by atoms with Crippen molar-refractivity contribution in [1.82, 2.24) is 0 Å². The van der Waals surface area contributed by atoms with Crippen molar-refractivity contribution in [2.75, 3.05) is 0 Å². The molecule has 0 radical (unpaired) electrons. The molecule has 1 rings (SSSR count). The number of aliphatic hydroxyl groups is 1. The summed E-state index contributed by atoms with van der Waals surface area (Å²) in [5.41, 5.74) is 0.544. The number of rotatable bonds is 3. The second kappa shape index (κ2) is 4.53. The van der Waals surface area contributed by atoms with Gasteiger partial charge in [-0.25, -0.2) is 0 Å². The topological polar surface area (TPSA) is 63.4 Å². The Morgan fingerprint density at radius 3 is 2.71 bits per heavy atom. The summed E-state index contributed by atoms with van der Waals surface area (Å²) in [6, 6.07) is 6.39. The summed E-state index contributed by atoms with van der Waals surface area (Å²) in [5.74, 6) is 0. The number of para-hydroxylation sites is 1. The van der Waals surface area contributed by atoms with E-state index < -0.39 is 11.0 Å². The van der Waals surface area contributed by atoms with Crippen LogP contribution in [-0.4, -0.2) is 16.1 Å². The van der Waals surface area contributed by atoms with E-state index in [-0.39, 0.29) is 5.69 Å². The Morgan fingerprint density at radius 2 is 2.14 bits per heavy atom. The normalized spacial score (nSPS) is 13.0. The van der Waals surface area contributed by atoms with E-state index in [1.165, 1.54) is 12.1 Å². The predicted octanol–water partition coefficient (Wildman–Crippen LogP) is 1.99. The number of nitro benzene ring substituents is 1. The van der Waals surface area contributed by atoms with Crippen molar-refractivity contribution < 1.29 is 10.0 Å². The fraction of sp³-hybridized carbons (Fsp3) is 0.200. The molecular weight excluding hydrogens is 182 g/mol.